The Labute approximate surface area is 110 Å². The number of benzene rings is 1. The highest BCUT2D eigenvalue weighted by Gasteiger charge is 2.15. The van der Waals surface area contributed by atoms with Crippen molar-refractivity contribution >= 4 is 0 Å². The molecule has 18 heavy (non-hydrogen) atoms. The predicted molar refractivity (Wildman–Crippen MR) is 73.9 cm³/mol. The highest BCUT2D eigenvalue weighted by atomic mass is 16.5. The summed E-state index contributed by atoms with van der Waals surface area (Å²) >= 11 is 0. The molecule has 1 aliphatic rings. The zero-order chi connectivity index (χ0) is 13.0. The molecule has 100 valence electrons. The van der Waals surface area contributed by atoms with E-state index >= 15 is 0 Å². The van der Waals surface area contributed by atoms with Crippen molar-refractivity contribution in [2.45, 2.75) is 52.1 Å². The Bertz CT molecular complexity index is 379. The molecule has 0 saturated heterocycles. The molecular weight excluding hydrogens is 224 g/mol. The summed E-state index contributed by atoms with van der Waals surface area (Å²) in [5.74, 6) is 1.54. The molecule has 1 aromatic rings. The quantitative estimate of drug-likeness (QED) is 0.872. The van der Waals surface area contributed by atoms with Gasteiger partial charge in [-0.25, -0.2) is 0 Å². The maximum absolute atomic E-state index is 9.79. The van der Waals surface area contributed by atoms with Crippen molar-refractivity contribution in [1.82, 2.24) is 0 Å². The molecule has 1 atom stereocenters. The summed E-state index contributed by atoms with van der Waals surface area (Å²) in [6, 6.07) is 6.04. The van der Waals surface area contributed by atoms with E-state index in [1.54, 1.807) is 6.92 Å². The monoisotopic (exact) mass is 248 g/mol. The molecule has 0 bridgehead atoms. The van der Waals surface area contributed by atoms with Crippen LogP contribution in [0.1, 0.15) is 56.3 Å². The largest absolute Gasteiger partial charge is 0.493 e. The standard InChI is InChI=1S/C16H24O2/c1-12-8-9-16(15(10-12)13(2)17)18-11-14-6-4-3-5-7-14/h8-10,13-14,17H,3-7,11H2,1-2H3. The second-order valence-electron chi connectivity index (χ2n) is 5.53. The lowest BCUT2D eigenvalue weighted by Gasteiger charge is -2.23. The molecule has 0 amide bonds. The summed E-state index contributed by atoms with van der Waals surface area (Å²) in [6.07, 6.45) is 6.16. The molecule has 1 aliphatic carbocycles. The maximum Gasteiger partial charge on any atom is 0.125 e. The van der Waals surface area contributed by atoms with Gasteiger partial charge in [0.25, 0.3) is 0 Å². The molecular formula is C16H24O2. The molecule has 1 saturated carbocycles. The number of ether oxygens (including phenoxy) is 1. The molecule has 1 aromatic carbocycles. The van der Waals surface area contributed by atoms with E-state index < -0.39 is 6.10 Å². The first-order chi connectivity index (χ1) is 8.66. The van der Waals surface area contributed by atoms with E-state index in [0.29, 0.717) is 5.92 Å². The zero-order valence-electron chi connectivity index (χ0n) is 11.5. The average Bonchev–Trinajstić information content (AvgIpc) is 2.38. The highest BCUT2D eigenvalue weighted by molar-refractivity contribution is 5.38. The molecule has 1 unspecified atom stereocenters. The van der Waals surface area contributed by atoms with Gasteiger partial charge in [-0.2, -0.15) is 0 Å². The molecule has 0 radical (unpaired) electrons. The molecule has 0 spiro atoms. The number of aryl methyl sites for hydroxylation is 1. The molecule has 2 nitrogen and oxygen atoms in total. The summed E-state index contributed by atoms with van der Waals surface area (Å²) in [4.78, 5) is 0. The van der Waals surface area contributed by atoms with E-state index in [1.807, 2.05) is 25.1 Å². The molecule has 0 aromatic heterocycles. The van der Waals surface area contributed by atoms with Gasteiger partial charge in [-0.3, -0.25) is 0 Å². The van der Waals surface area contributed by atoms with E-state index in [9.17, 15) is 5.11 Å². The Hall–Kier alpha value is -1.02. The third kappa shape index (κ3) is 3.49. The summed E-state index contributed by atoms with van der Waals surface area (Å²) in [5, 5.41) is 9.79. The van der Waals surface area contributed by atoms with Crippen LogP contribution in [0.15, 0.2) is 18.2 Å². The minimum absolute atomic E-state index is 0.466. The first-order valence-electron chi connectivity index (χ1n) is 7.08. The fourth-order valence-electron chi connectivity index (χ4n) is 2.69. The number of hydrogen-bond acceptors (Lipinski definition) is 2. The van der Waals surface area contributed by atoms with Crippen LogP contribution in [0, 0.1) is 12.8 Å². The smallest absolute Gasteiger partial charge is 0.125 e. The fraction of sp³-hybridized carbons (Fsp3) is 0.625. The lowest BCUT2D eigenvalue weighted by atomic mass is 9.90. The van der Waals surface area contributed by atoms with Crippen molar-refractivity contribution in [1.29, 1.82) is 0 Å². The summed E-state index contributed by atoms with van der Waals surface area (Å²) < 4.78 is 5.93. The molecule has 2 rings (SSSR count). The minimum atomic E-state index is -0.466. The van der Waals surface area contributed by atoms with Crippen LogP contribution < -0.4 is 4.74 Å². The van der Waals surface area contributed by atoms with Crippen LogP contribution in [0.4, 0.5) is 0 Å². The van der Waals surface area contributed by atoms with Crippen LogP contribution in [-0.2, 0) is 0 Å². The van der Waals surface area contributed by atoms with Crippen LogP contribution in [-0.4, -0.2) is 11.7 Å². The van der Waals surface area contributed by atoms with Crippen molar-refractivity contribution in [2.24, 2.45) is 5.92 Å². The minimum Gasteiger partial charge on any atom is -0.493 e. The summed E-state index contributed by atoms with van der Waals surface area (Å²) in [7, 11) is 0. The van der Waals surface area contributed by atoms with Crippen LogP contribution in [0.5, 0.6) is 5.75 Å². The molecule has 2 heteroatoms. The van der Waals surface area contributed by atoms with Gasteiger partial charge in [-0.05, 0) is 44.7 Å². The number of aliphatic hydroxyl groups excluding tert-OH is 1. The van der Waals surface area contributed by atoms with Gasteiger partial charge in [0.05, 0.1) is 12.7 Å². The van der Waals surface area contributed by atoms with Crippen molar-refractivity contribution in [3.05, 3.63) is 29.3 Å². The van der Waals surface area contributed by atoms with Gasteiger partial charge in [-0.15, -0.1) is 0 Å². The van der Waals surface area contributed by atoms with E-state index in [2.05, 4.69) is 0 Å². The van der Waals surface area contributed by atoms with Crippen molar-refractivity contribution in [2.75, 3.05) is 6.61 Å². The van der Waals surface area contributed by atoms with Crippen molar-refractivity contribution in [3.8, 4) is 5.75 Å². The third-order valence-corrected chi connectivity index (χ3v) is 3.81. The number of hydrogen-bond donors (Lipinski definition) is 1. The SMILES string of the molecule is Cc1ccc(OCC2CCCCC2)c(C(C)O)c1. The van der Waals surface area contributed by atoms with Crippen molar-refractivity contribution < 1.29 is 9.84 Å². The van der Waals surface area contributed by atoms with E-state index in [4.69, 9.17) is 4.74 Å². The highest BCUT2D eigenvalue weighted by Crippen LogP contribution is 2.29. The maximum atomic E-state index is 9.79. The van der Waals surface area contributed by atoms with Gasteiger partial charge in [0.2, 0.25) is 0 Å². The van der Waals surface area contributed by atoms with Gasteiger partial charge >= 0.3 is 0 Å². The topological polar surface area (TPSA) is 29.5 Å². The van der Waals surface area contributed by atoms with E-state index in [1.165, 1.54) is 32.1 Å². The second kappa shape index (κ2) is 6.24. The zero-order valence-corrected chi connectivity index (χ0v) is 11.5. The number of rotatable bonds is 4. The summed E-state index contributed by atoms with van der Waals surface area (Å²) in [5.41, 5.74) is 2.07. The first kappa shape index (κ1) is 13.4. The number of aliphatic hydroxyl groups is 1. The Morgan fingerprint density at radius 3 is 2.67 bits per heavy atom. The molecule has 1 fully saturated rings. The van der Waals surface area contributed by atoms with Gasteiger partial charge in [0.1, 0.15) is 5.75 Å². The van der Waals surface area contributed by atoms with Crippen LogP contribution in [0.2, 0.25) is 0 Å². The summed E-state index contributed by atoms with van der Waals surface area (Å²) in [6.45, 7) is 4.63. The molecule has 1 N–H and O–H groups in total. The predicted octanol–water partition coefficient (Wildman–Crippen LogP) is 4.01. The van der Waals surface area contributed by atoms with Gasteiger partial charge < -0.3 is 9.84 Å². The van der Waals surface area contributed by atoms with Gasteiger partial charge in [-0.1, -0.05) is 30.9 Å². The van der Waals surface area contributed by atoms with Crippen molar-refractivity contribution in [3.63, 3.8) is 0 Å². The van der Waals surface area contributed by atoms with E-state index in [0.717, 1.165) is 23.5 Å². The molecule has 0 heterocycles. The molecule has 0 aliphatic heterocycles. The Morgan fingerprint density at radius 1 is 1.28 bits per heavy atom. The Kier molecular flexibility index (Phi) is 4.65. The Balaban J connectivity index is 1.99. The first-order valence-corrected chi connectivity index (χ1v) is 7.08. The van der Waals surface area contributed by atoms with Gasteiger partial charge in [0, 0.05) is 5.56 Å². The van der Waals surface area contributed by atoms with Crippen LogP contribution in [0.3, 0.4) is 0 Å². The lowest BCUT2D eigenvalue weighted by Crippen LogP contribution is -2.16. The van der Waals surface area contributed by atoms with E-state index in [-0.39, 0.29) is 0 Å². The average molecular weight is 248 g/mol. The van der Waals surface area contributed by atoms with Crippen LogP contribution in [0.25, 0.3) is 0 Å². The van der Waals surface area contributed by atoms with Gasteiger partial charge in [0.15, 0.2) is 0 Å². The Morgan fingerprint density at radius 2 is 2.00 bits per heavy atom. The fourth-order valence-corrected chi connectivity index (χ4v) is 2.69. The normalized spacial score (nSPS) is 18.6. The van der Waals surface area contributed by atoms with Crippen LogP contribution >= 0.6 is 0 Å². The lowest BCUT2D eigenvalue weighted by molar-refractivity contribution is 0.177. The second-order valence-corrected chi connectivity index (χ2v) is 5.53. The third-order valence-electron chi connectivity index (χ3n) is 3.81.